The Morgan fingerprint density at radius 3 is 2.71 bits per heavy atom. The first-order valence-electron chi connectivity index (χ1n) is 9.46. The van der Waals surface area contributed by atoms with Crippen molar-refractivity contribution in [2.24, 2.45) is 5.92 Å². The van der Waals surface area contributed by atoms with Crippen molar-refractivity contribution >= 4 is 27.3 Å². The fourth-order valence-corrected chi connectivity index (χ4v) is 5.54. The summed E-state index contributed by atoms with van der Waals surface area (Å²) in [5.74, 6) is -2.22. The van der Waals surface area contributed by atoms with Crippen molar-refractivity contribution in [1.82, 2.24) is 9.46 Å². The maximum absolute atomic E-state index is 13.9. The van der Waals surface area contributed by atoms with Gasteiger partial charge in [0.15, 0.2) is 5.76 Å². The topological polar surface area (TPSA) is 89.7 Å². The Morgan fingerprint density at radius 2 is 2.00 bits per heavy atom. The number of carbonyl (C=O) groups excluding carboxylic acids is 1. The molecule has 0 unspecified atom stereocenters. The second-order valence-electron chi connectivity index (χ2n) is 7.02. The summed E-state index contributed by atoms with van der Waals surface area (Å²) in [6.07, 6.45) is 0.433. The van der Waals surface area contributed by atoms with Crippen molar-refractivity contribution in [3.05, 3.63) is 59.1 Å². The molecule has 11 heteroatoms. The minimum absolute atomic E-state index is 0.00450. The van der Waals surface area contributed by atoms with Crippen LogP contribution in [0.3, 0.4) is 0 Å². The van der Waals surface area contributed by atoms with E-state index in [9.17, 15) is 22.0 Å². The fraction of sp³-hybridized carbons (Fsp3) is 0.300. The van der Waals surface area contributed by atoms with Gasteiger partial charge in [-0.25, -0.2) is 17.2 Å². The Hall–Kier alpha value is -2.63. The fourth-order valence-electron chi connectivity index (χ4n) is 3.32. The molecule has 0 atom stereocenters. The van der Waals surface area contributed by atoms with Crippen LogP contribution in [0.4, 0.5) is 8.78 Å². The zero-order valence-electron chi connectivity index (χ0n) is 16.2. The second kappa shape index (κ2) is 8.85. The lowest BCUT2D eigenvalue weighted by Gasteiger charge is -2.30. The number of sulfonamides is 1. The quantitative estimate of drug-likeness (QED) is 0.511. The lowest BCUT2D eigenvalue weighted by atomic mass is 9.98. The third-order valence-electron chi connectivity index (χ3n) is 4.98. The molecule has 0 aliphatic carbocycles. The molecule has 1 aliphatic heterocycles. The molecule has 4 rings (SSSR count). The van der Waals surface area contributed by atoms with Gasteiger partial charge in [-0.3, -0.25) is 4.79 Å². The van der Waals surface area contributed by atoms with Crippen LogP contribution in [0.15, 0.2) is 51.2 Å². The van der Waals surface area contributed by atoms with Gasteiger partial charge in [0.25, 0.3) is 0 Å². The van der Waals surface area contributed by atoms with Gasteiger partial charge < -0.3 is 9.26 Å². The molecular formula is C20H18F2N2O5S2. The SMILES string of the molecule is O=C(OCc1cc(-c2cccs2)on1)C1CCN(S(=O)(=O)c2cc(F)ccc2F)CC1. The number of ether oxygens (including phenoxy) is 1. The molecule has 31 heavy (non-hydrogen) atoms. The lowest BCUT2D eigenvalue weighted by Crippen LogP contribution is -2.40. The molecule has 0 N–H and O–H groups in total. The third-order valence-corrected chi connectivity index (χ3v) is 7.78. The smallest absolute Gasteiger partial charge is 0.309 e. The van der Waals surface area contributed by atoms with Crippen LogP contribution in [0.1, 0.15) is 18.5 Å². The first kappa shape index (κ1) is 21.6. The summed E-state index contributed by atoms with van der Waals surface area (Å²) in [6.45, 7) is -0.0458. The Morgan fingerprint density at radius 1 is 1.23 bits per heavy atom. The van der Waals surface area contributed by atoms with E-state index in [-0.39, 0.29) is 32.5 Å². The molecule has 7 nitrogen and oxygen atoms in total. The standard InChI is InChI=1S/C20H18F2N2O5S2/c21-14-3-4-16(22)19(10-14)31(26,27)24-7-5-13(6-8-24)20(25)28-12-15-11-17(29-23-15)18-2-1-9-30-18/h1-4,9-11,13H,5-8,12H2. The van der Waals surface area contributed by atoms with Crippen molar-refractivity contribution in [1.29, 1.82) is 0 Å². The van der Waals surface area contributed by atoms with E-state index in [0.717, 1.165) is 21.3 Å². The molecular weight excluding hydrogens is 450 g/mol. The van der Waals surface area contributed by atoms with Crippen LogP contribution < -0.4 is 0 Å². The zero-order valence-corrected chi connectivity index (χ0v) is 17.8. The summed E-state index contributed by atoms with van der Waals surface area (Å²) < 4.78 is 64.2. The number of thiophene rings is 1. The van der Waals surface area contributed by atoms with Crippen molar-refractivity contribution < 1.29 is 31.3 Å². The number of piperidine rings is 1. The van der Waals surface area contributed by atoms with E-state index in [1.54, 1.807) is 6.07 Å². The van der Waals surface area contributed by atoms with Gasteiger partial charge in [0, 0.05) is 19.2 Å². The van der Waals surface area contributed by atoms with Crippen LogP contribution in [-0.2, 0) is 26.2 Å². The van der Waals surface area contributed by atoms with Crippen LogP contribution in [0.2, 0.25) is 0 Å². The Labute approximate surface area is 181 Å². The molecule has 0 spiro atoms. The van der Waals surface area contributed by atoms with Crippen molar-refractivity contribution in [3.8, 4) is 10.6 Å². The van der Waals surface area contributed by atoms with Crippen LogP contribution >= 0.6 is 11.3 Å². The summed E-state index contributed by atoms with van der Waals surface area (Å²) in [6, 6.07) is 7.76. The first-order valence-corrected chi connectivity index (χ1v) is 11.8. The average Bonchev–Trinajstić information content (AvgIpc) is 3.45. The minimum atomic E-state index is -4.19. The van der Waals surface area contributed by atoms with Crippen molar-refractivity contribution in [2.75, 3.05) is 13.1 Å². The van der Waals surface area contributed by atoms with Crippen LogP contribution in [0.25, 0.3) is 10.6 Å². The van der Waals surface area contributed by atoms with Gasteiger partial charge in [0.05, 0.1) is 10.8 Å². The molecule has 0 radical (unpaired) electrons. The van der Waals surface area contributed by atoms with Gasteiger partial charge in [0.2, 0.25) is 10.0 Å². The van der Waals surface area contributed by atoms with Gasteiger partial charge in [-0.2, -0.15) is 4.31 Å². The molecule has 164 valence electrons. The monoisotopic (exact) mass is 468 g/mol. The number of hydrogen-bond acceptors (Lipinski definition) is 7. The number of rotatable bonds is 6. The van der Waals surface area contributed by atoms with Crippen LogP contribution in [-0.4, -0.2) is 36.9 Å². The van der Waals surface area contributed by atoms with Gasteiger partial charge in [-0.1, -0.05) is 11.2 Å². The number of esters is 1. The first-order chi connectivity index (χ1) is 14.8. The molecule has 0 saturated carbocycles. The van der Waals surface area contributed by atoms with E-state index in [1.807, 2.05) is 17.5 Å². The highest BCUT2D eigenvalue weighted by atomic mass is 32.2. The number of benzene rings is 1. The Bertz CT molecular complexity index is 1170. The van der Waals surface area contributed by atoms with E-state index < -0.39 is 38.4 Å². The van der Waals surface area contributed by atoms with Gasteiger partial charge in [-0.05, 0) is 42.5 Å². The highest BCUT2D eigenvalue weighted by molar-refractivity contribution is 7.89. The van der Waals surface area contributed by atoms with Crippen molar-refractivity contribution in [2.45, 2.75) is 24.3 Å². The molecule has 1 aromatic carbocycles. The number of aromatic nitrogens is 1. The largest absolute Gasteiger partial charge is 0.459 e. The molecule has 1 aliphatic rings. The Balaban J connectivity index is 1.32. The maximum atomic E-state index is 13.9. The normalized spacial score (nSPS) is 15.8. The van der Waals surface area contributed by atoms with Gasteiger partial charge in [-0.15, -0.1) is 11.3 Å². The Kier molecular flexibility index (Phi) is 6.17. The summed E-state index contributed by atoms with van der Waals surface area (Å²) >= 11 is 1.50. The predicted molar refractivity (Wildman–Crippen MR) is 107 cm³/mol. The van der Waals surface area contributed by atoms with Gasteiger partial charge >= 0.3 is 5.97 Å². The van der Waals surface area contributed by atoms with Crippen LogP contribution in [0.5, 0.6) is 0 Å². The second-order valence-corrected chi connectivity index (χ2v) is 9.87. The minimum Gasteiger partial charge on any atom is -0.459 e. The summed E-state index contributed by atoms with van der Waals surface area (Å²) in [5, 5.41) is 5.79. The summed E-state index contributed by atoms with van der Waals surface area (Å²) in [7, 11) is -4.19. The predicted octanol–water partition coefficient (Wildman–Crippen LogP) is 3.83. The molecule has 0 bridgehead atoms. The van der Waals surface area contributed by atoms with Gasteiger partial charge in [0.1, 0.15) is 28.8 Å². The third kappa shape index (κ3) is 4.68. The number of nitrogens with zero attached hydrogens (tertiary/aromatic N) is 2. The van der Waals surface area contributed by atoms with E-state index in [1.165, 1.54) is 11.3 Å². The maximum Gasteiger partial charge on any atom is 0.309 e. The lowest BCUT2D eigenvalue weighted by molar-refractivity contribution is -0.151. The molecule has 2 aromatic heterocycles. The van der Waals surface area contributed by atoms with Crippen LogP contribution in [0, 0.1) is 17.6 Å². The number of hydrogen-bond donors (Lipinski definition) is 0. The average molecular weight is 469 g/mol. The molecule has 3 aromatic rings. The molecule has 1 fully saturated rings. The number of halogens is 2. The van der Waals surface area contributed by atoms with E-state index >= 15 is 0 Å². The highest BCUT2D eigenvalue weighted by Crippen LogP contribution is 2.28. The van der Waals surface area contributed by atoms with Crippen molar-refractivity contribution in [3.63, 3.8) is 0 Å². The summed E-state index contributed by atoms with van der Waals surface area (Å²) in [5.41, 5.74) is 0.471. The highest BCUT2D eigenvalue weighted by Gasteiger charge is 2.34. The number of carbonyl (C=O) groups is 1. The zero-order chi connectivity index (χ0) is 22.0. The van der Waals surface area contributed by atoms with E-state index in [4.69, 9.17) is 9.26 Å². The van der Waals surface area contributed by atoms with E-state index in [0.29, 0.717) is 17.5 Å². The summed E-state index contributed by atoms with van der Waals surface area (Å²) in [4.78, 5) is 12.6. The van der Waals surface area contributed by atoms with E-state index in [2.05, 4.69) is 5.16 Å². The molecule has 1 saturated heterocycles. The molecule has 3 heterocycles. The molecule has 0 amide bonds.